The second-order valence-corrected chi connectivity index (χ2v) is 4.03. The van der Waals surface area contributed by atoms with Crippen LogP contribution >= 0.6 is 0 Å². The average Bonchev–Trinajstić information content (AvgIpc) is 2.39. The normalized spacial score (nSPS) is 12.0. The first-order valence-corrected chi connectivity index (χ1v) is 6.27. The molecule has 100 valence electrons. The monoisotopic (exact) mass is 251 g/mol. The highest BCUT2D eigenvalue weighted by Gasteiger charge is 2.16. The van der Waals surface area contributed by atoms with Crippen molar-refractivity contribution >= 4 is 5.78 Å². The molecule has 1 aromatic carbocycles. The zero-order valence-electron chi connectivity index (χ0n) is 11.2. The number of ether oxygens (including phenoxy) is 2. The zero-order valence-corrected chi connectivity index (χ0v) is 11.2. The van der Waals surface area contributed by atoms with Gasteiger partial charge in [-0.05, 0) is 32.0 Å². The standard InChI is InChI=1S/C14H21NO3/c1-4-17-12-7-6-11(8-13(12)18-5-2)14(16)10(3)9-15/h6-8,10H,4-5,9,15H2,1-3H3. The molecule has 0 saturated heterocycles. The van der Waals surface area contributed by atoms with Crippen LogP contribution < -0.4 is 15.2 Å². The molecule has 1 rings (SSSR count). The molecule has 0 aliphatic rings. The van der Waals surface area contributed by atoms with Gasteiger partial charge < -0.3 is 15.2 Å². The van der Waals surface area contributed by atoms with E-state index in [1.165, 1.54) is 0 Å². The van der Waals surface area contributed by atoms with Crippen LogP contribution in [0.3, 0.4) is 0 Å². The van der Waals surface area contributed by atoms with Gasteiger partial charge in [-0.1, -0.05) is 6.92 Å². The number of ketones is 1. The minimum atomic E-state index is -0.183. The van der Waals surface area contributed by atoms with Crippen molar-refractivity contribution in [2.45, 2.75) is 20.8 Å². The molecule has 1 aromatic rings. The summed E-state index contributed by atoms with van der Waals surface area (Å²) in [6, 6.07) is 5.25. The van der Waals surface area contributed by atoms with Crippen molar-refractivity contribution in [2.24, 2.45) is 11.7 Å². The molecular formula is C14H21NO3. The average molecular weight is 251 g/mol. The third-order valence-electron chi connectivity index (χ3n) is 2.63. The summed E-state index contributed by atoms with van der Waals surface area (Å²) >= 11 is 0. The summed E-state index contributed by atoms with van der Waals surface area (Å²) in [6.45, 7) is 7.06. The molecular weight excluding hydrogens is 230 g/mol. The highest BCUT2D eigenvalue weighted by atomic mass is 16.5. The minimum absolute atomic E-state index is 0.0292. The molecule has 0 radical (unpaired) electrons. The van der Waals surface area contributed by atoms with E-state index in [1.54, 1.807) is 18.2 Å². The number of benzene rings is 1. The van der Waals surface area contributed by atoms with Crippen LogP contribution in [0, 0.1) is 5.92 Å². The Morgan fingerprint density at radius 2 is 1.83 bits per heavy atom. The van der Waals surface area contributed by atoms with Crippen molar-refractivity contribution in [3.63, 3.8) is 0 Å². The van der Waals surface area contributed by atoms with Crippen molar-refractivity contribution in [1.82, 2.24) is 0 Å². The van der Waals surface area contributed by atoms with Crippen LogP contribution in [0.2, 0.25) is 0 Å². The zero-order chi connectivity index (χ0) is 13.5. The van der Waals surface area contributed by atoms with Gasteiger partial charge >= 0.3 is 0 Å². The van der Waals surface area contributed by atoms with Crippen LogP contribution in [-0.2, 0) is 0 Å². The molecule has 4 nitrogen and oxygen atoms in total. The predicted molar refractivity (Wildman–Crippen MR) is 71.3 cm³/mol. The van der Waals surface area contributed by atoms with Gasteiger partial charge in [-0.15, -0.1) is 0 Å². The number of carbonyl (C=O) groups is 1. The SMILES string of the molecule is CCOc1ccc(C(=O)C(C)CN)cc1OCC. The van der Waals surface area contributed by atoms with Crippen molar-refractivity contribution in [1.29, 1.82) is 0 Å². The van der Waals surface area contributed by atoms with E-state index in [-0.39, 0.29) is 11.7 Å². The highest BCUT2D eigenvalue weighted by molar-refractivity contribution is 5.98. The van der Waals surface area contributed by atoms with E-state index in [2.05, 4.69) is 0 Å². The molecule has 0 aromatic heterocycles. The van der Waals surface area contributed by atoms with Gasteiger partial charge in [-0.3, -0.25) is 4.79 Å². The summed E-state index contributed by atoms with van der Waals surface area (Å²) in [6.07, 6.45) is 0. The van der Waals surface area contributed by atoms with E-state index >= 15 is 0 Å². The van der Waals surface area contributed by atoms with Gasteiger partial charge in [-0.25, -0.2) is 0 Å². The Bertz CT molecular complexity index is 404. The lowest BCUT2D eigenvalue weighted by atomic mass is 9.99. The summed E-state index contributed by atoms with van der Waals surface area (Å²) in [5.74, 6) is 1.12. The largest absolute Gasteiger partial charge is 0.490 e. The van der Waals surface area contributed by atoms with Crippen LogP contribution in [0.1, 0.15) is 31.1 Å². The Morgan fingerprint density at radius 1 is 1.22 bits per heavy atom. The number of Topliss-reactive ketones (excluding diaryl/α,β-unsaturated/α-hetero) is 1. The Labute approximate surface area is 108 Å². The Hall–Kier alpha value is -1.55. The van der Waals surface area contributed by atoms with Crippen LogP contribution in [0.4, 0.5) is 0 Å². The van der Waals surface area contributed by atoms with Gasteiger partial charge in [0.15, 0.2) is 17.3 Å². The molecule has 1 atom stereocenters. The molecule has 0 heterocycles. The predicted octanol–water partition coefficient (Wildman–Crippen LogP) is 2.26. The molecule has 0 amide bonds. The molecule has 0 aliphatic carbocycles. The molecule has 1 unspecified atom stereocenters. The van der Waals surface area contributed by atoms with Gasteiger partial charge in [0.1, 0.15) is 0 Å². The van der Waals surface area contributed by atoms with E-state index in [1.807, 2.05) is 20.8 Å². The fourth-order valence-electron chi connectivity index (χ4n) is 1.60. The van der Waals surface area contributed by atoms with E-state index in [4.69, 9.17) is 15.2 Å². The molecule has 0 aliphatic heterocycles. The smallest absolute Gasteiger partial charge is 0.167 e. The second kappa shape index (κ2) is 7.01. The van der Waals surface area contributed by atoms with E-state index in [0.29, 0.717) is 36.8 Å². The summed E-state index contributed by atoms with van der Waals surface area (Å²) in [5, 5.41) is 0. The van der Waals surface area contributed by atoms with Crippen molar-refractivity contribution in [3.05, 3.63) is 23.8 Å². The maximum Gasteiger partial charge on any atom is 0.167 e. The van der Waals surface area contributed by atoms with Crippen LogP contribution in [0.25, 0.3) is 0 Å². The van der Waals surface area contributed by atoms with Crippen LogP contribution in [-0.4, -0.2) is 25.5 Å². The number of hydrogen-bond acceptors (Lipinski definition) is 4. The molecule has 2 N–H and O–H groups in total. The summed E-state index contributed by atoms with van der Waals surface area (Å²) in [5.41, 5.74) is 6.12. The van der Waals surface area contributed by atoms with Gasteiger partial charge in [0.25, 0.3) is 0 Å². The summed E-state index contributed by atoms with van der Waals surface area (Å²) in [7, 11) is 0. The van der Waals surface area contributed by atoms with Crippen LogP contribution in [0.15, 0.2) is 18.2 Å². The fraction of sp³-hybridized carbons (Fsp3) is 0.500. The van der Waals surface area contributed by atoms with E-state index in [9.17, 15) is 4.79 Å². The van der Waals surface area contributed by atoms with Crippen molar-refractivity contribution in [2.75, 3.05) is 19.8 Å². The van der Waals surface area contributed by atoms with Gasteiger partial charge in [0, 0.05) is 18.0 Å². The summed E-state index contributed by atoms with van der Waals surface area (Å²) in [4.78, 5) is 12.0. The maximum atomic E-state index is 12.0. The molecule has 18 heavy (non-hydrogen) atoms. The number of hydrogen-bond donors (Lipinski definition) is 1. The van der Waals surface area contributed by atoms with E-state index < -0.39 is 0 Å². The van der Waals surface area contributed by atoms with Gasteiger partial charge in [-0.2, -0.15) is 0 Å². The Kier molecular flexibility index (Phi) is 5.65. The van der Waals surface area contributed by atoms with Crippen molar-refractivity contribution in [3.8, 4) is 11.5 Å². The third kappa shape index (κ3) is 3.47. The molecule has 4 heteroatoms. The lowest BCUT2D eigenvalue weighted by molar-refractivity contribution is 0.0933. The van der Waals surface area contributed by atoms with Crippen LogP contribution in [0.5, 0.6) is 11.5 Å². The number of rotatable bonds is 7. The molecule has 0 spiro atoms. The first-order chi connectivity index (χ1) is 8.63. The van der Waals surface area contributed by atoms with Gasteiger partial charge in [0.2, 0.25) is 0 Å². The first-order valence-electron chi connectivity index (χ1n) is 6.27. The highest BCUT2D eigenvalue weighted by Crippen LogP contribution is 2.29. The Morgan fingerprint density at radius 3 is 2.39 bits per heavy atom. The Balaban J connectivity index is 3.02. The molecule has 0 bridgehead atoms. The van der Waals surface area contributed by atoms with Gasteiger partial charge in [0.05, 0.1) is 13.2 Å². The lowest BCUT2D eigenvalue weighted by Gasteiger charge is -2.13. The van der Waals surface area contributed by atoms with E-state index in [0.717, 1.165) is 0 Å². The summed E-state index contributed by atoms with van der Waals surface area (Å²) < 4.78 is 10.9. The minimum Gasteiger partial charge on any atom is -0.490 e. The first kappa shape index (κ1) is 14.5. The third-order valence-corrected chi connectivity index (χ3v) is 2.63. The maximum absolute atomic E-state index is 12.0. The number of carbonyl (C=O) groups excluding carboxylic acids is 1. The topological polar surface area (TPSA) is 61.5 Å². The fourth-order valence-corrected chi connectivity index (χ4v) is 1.60. The number of nitrogens with two attached hydrogens (primary N) is 1. The molecule has 0 saturated carbocycles. The lowest BCUT2D eigenvalue weighted by Crippen LogP contribution is -2.20. The quantitative estimate of drug-likeness (QED) is 0.755. The molecule has 0 fully saturated rings. The van der Waals surface area contributed by atoms with Crippen molar-refractivity contribution < 1.29 is 14.3 Å². The second-order valence-electron chi connectivity index (χ2n) is 4.03.